The number of hydrogen-bond acceptors (Lipinski definition) is 8. The summed E-state index contributed by atoms with van der Waals surface area (Å²) in [5, 5.41) is 0. The van der Waals surface area contributed by atoms with Crippen LogP contribution in [0.15, 0.2) is 69.0 Å². The van der Waals surface area contributed by atoms with Gasteiger partial charge in [-0.25, -0.2) is 28.1 Å². The van der Waals surface area contributed by atoms with Crippen LogP contribution in [0.5, 0.6) is 0 Å². The molecule has 0 spiro atoms. The first-order valence-corrected chi connectivity index (χ1v) is 13.9. The van der Waals surface area contributed by atoms with Gasteiger partial charge >= 0.3 is 17.1 Å². The van der Waals surface area contributed by atoms with E-state index >= 15 is 0 Å². The Labute approximate surface area is 255 Å². The van der Waals surface area contributed by atoms with Gasteiger partial charge in [-0.05, 0) is 92.1 Å². The van der Waals surface area contributed by atoms with Gasteiger partial charge in [0.2, 0.25) is 6.41 Å². The molecule has 1 amide bonds. The van der Waals surface area contributed by atoms with E-state index in [0.29, 0.717) is 53.6 Å². The van der Waals surface area contributed by atoms with E-state index < -0.39 is 17.1 Å². The van der Waals surface area contributed by atoms with Crippen molar-refractivity contribution in [1.82, 2.24) is 13.7 Å². The monoisotopic (exact) mass is 602 g/mol. The molecule has 232 valence electrons. The molecule has 0 bridgehead atoms. The van der Waals surface area contributed by atoms with Gasteiger partial charge in [-0.15, -0.1) is 0 Å². The van der Waals surface area contributed by atoms with Crippen molar-refractivity contribution in [2.75, 3.05) is 63.5 Å². The molecule has 0 atom stereocenters. The van der Waals surface area contributed by atoms with Gasteiger partial charge in [-0.3, -0.25) is 4.79 Å². The molecule has 0 aliphatic heterocycles. The molecule has 0 saturated carbocycles. The summed E-state index contributed by atoms with van der Waals surface area (Å²) in [6, 6.07) is 15.6. The number of carbonyl (C=O) groups excluding carboxylic acids is 1. The average Bonchev–Trinajstić information content (AvgIpc) is 2.99. The zero-order valence-electron chi connectivity index (χ0n) is 26.3. The third kappa shape index (κ3) is 5.94. The number of benzene rings is 3. The van der Waals surface area contributed by atoms with E-state index in [9.17, 15) is 19.2 Å². The Morgan fingerprint density at radius 1 is 0.591 bits per heavy atom. The normalized spacial score (nSPS) is 11.0. The third-order valence-corrected chi connectivity index (χ3v) is 7.50. The van der Waals surface area contributed by atoms with Gasteiger partial charge in [-0.1, -0.05) is 0 Å². The third-order valence-electron chi connectivity index (χ3n) is 7.50. The number of amides is 1. The van der Waals surface area contributed by atoms with Crippen LogP contribution in [0, 0.1) is 20.8 Å². The van der Waals surface area contributed by atoms with Crippen LogP contribution < -0.4 is 31.8 Å². The summed E-state index contributed by atoms with van der Waals surface area (Å²) in [5.41, 5.74) is 2.62. The first kappa shape index (κ1) is 32.0. The molecule has 0 radical (unpaired) electrons. The Balaban J connectivity index is 2.06. The Kier molecular flexibility index (Phi) is 9.56. The lowest BCUT2D eigenvalue weighted by Crippen LogP contribution is -2.53. The second-order valence-corrected chi connectivity index (χ2v) is 10.7. The number of carbonyl (C=O) groups is 1. The Hall–Kier alpha value is -4.94. The van der Waals surface area contributed by atoms with E-state index in [0.717, 1.165) is 25.1 Å². The molecule has 0 saturated heterocycles. The van der Waals surface area contributed by atoms with Gasteiger partial charge in [0.05, 0.1) is 17.1 Å². The van der Waals surface area contributed by atoms with Crippen LogP contribution in [0.3, 0.4) is 0 Å². The fraction of sp³-hybridized carbons (Fsp3) is 0.312. The minimum Gasteiger partial charge on any atom is -0.364 e. The van der Waals surface area contributed by atoms with Gasteiger partial charge in [0.15, 0.2) is 0 Å². The van der Waals surface area contributed by atoms with E-state index in [1.54, 1.807) is 84.5 Å². The second kappa shape index (κ2) is 13.1. The molecule has 0 aliphatic rings. The minimum absolute atomic E-state index is 0.286. The van der Waals surface area contributed by atoms with Gasteiger partial charge < -0.3 is 24.2 Å². The Bertz CT molecular complexity index is 1780. The molecule has 4 rings (SSSR count). The van der Waals surface area contributed by atoms with Crippen LogP contribution in [0.2, 0.25) is 0 Å². The van der Waals surface area contributed by atoms with E-state index in [1.165, 1.54) is 4.90 Å². The Morgan fingerprint density at radius 2 is 0.909 bits per heavy atom. The SMILES string of the molecule is COCN(C)c1ccc(-n2c(=O)n(-c3ccc(N(C)C=O)cc3C)c(=O)n(-c3ccc(N(C)COC)cc3C)c2=O)c(C)c1. The maximum Gasteiger partial charge on any atom is 0.345 e. The highest BCUT2D eigenvalue weighted by Gasteiger charge is 2.23. The quantitative estimate of drug-likeness (QED) is 0.190. The number of aryl methyl sites for hydroxylation is 3. The predicted molar refractivity (Wildman–Crippen MR) is 172 cm³/mol. The molecule has 1 aromatic heterocycles. The standard InChI is InChI=1S/C32H38N6O6/c1-21-15-24(33(4)18-39)9-12-27(21)36-30(40)37(28-13-10-25(16-22(28)2)34(5)19-43-7)32(42)38(31(36)41)29-14-11-26(17-23(29)3)35(6)20-44-8/h9-18H,19-20H2,1-8H3. The van der Waals surface area contributed by atoms with Crippen molar-refractivity contribution in [3.63, 3.8) is 0 Å². The topological polar surface area (TPSA) is 111 Å². The fourth-order valence-electron chi connectivity index (χ4n) is 5.13. The number of rotatable bonds is 11. The van der Waals surface area contributed by atoms with Crippen molar-refractivity contribution in [2.45, 2.75) is 20.8 Å². The number of ether oxygens (including phenoxy) is 2. The van der Waals surface area contributed by atoms with E-state index in [-0.39, 0.29) is 5.69 Å². The molecule has 0 N–H and O–H groups in total. The summed E-state index contributed by atoms with van der Waals surface area (Å²) in [5.74, 6) is 0. The van der Waals surface area contributed by atoms with E-state index in [1.807, 2.05) is 36.0 Å². The van der Waals surface area contributed by atoms with Crippen LogP contribution in [-0.2, 0) is 14.3 Å². The van der Waals surface area contributed by atoms with Crippen molar-refractivity contribution in [3.8, 4) is 17.1 Å². The summed E-state index contributed by atoms with van der Waals surface area (Å²) < 4.78 is 13.5. The van der Waals surface area contributed by atoms with Gasteiger partial charge in [0.1, 0.15) is 13.5 Å². The summed E-state index contributed by atoms with van der Waals surface area (Å²) >= 11 is 0. The molecule has 12 nitrogen and oxygen atoms in total. The molecule has 0 unspecified atom stereocenters. The number of hydrogen-bond donors (Lipinski definition) is 0. The molecule has 0 fully saturated rings. The second-order valence-electron chi connectivity index (χ2n) is 10.7. The summed E-state index contributed by atoms with van der Waals surface area (Å²) in [7, 11) is 8.52. The Morgan fingerprint density at radius 3 is 1.20 bits per heavy atom. The van der Waals surface area contributed by atoms with Crippen LogP contribution in [-0.4, -0.2) is 68.9 Å². The number of nitrogens with zero attached hydrogens (tertiary/aromatic N) is 6. The lowest BCUT2D eigenvalue weighted by Gasteiger charge is -2.22. The molecule has 4 aromatic rings. The minimum atomic E-state index is -0.814. The summed E-state index contributed by atoms with van der Waals surface area (Å²) in [6.45, 7) is 6.03. The fourth-order valence-corrected chi connectivity index (χ4v) is 5.13. The highest BCUT2D eigenvalue weighted by Crippen LogP contribution is 2.23. The van der Waals surface area contributed by atoms with Crippen molar-refractivity contribution < 1.29 is 14.3 Å². The predicted octanol–water partition coefficient (Wildman–Crippen LogP) is 2.74. The molecule has 1 heterocycles. The molecule has 3 aromatic carbocycles. The number of methoxy groups -OCH3 is 2. The highest BCUT2D eigenvalue weighted by molar-refractivity contribution is 5.75. The van der Waals surface area contributed by atoms with E-state index in [2.05, 4.69) is 0 Å². The molecular formula is C32H38N6O6. The van der Waals surface area contributed by atoms with Crippen molar-refractivity contribution in [3.05, 3.63) is 103 Å². The van der Waals surface area contributed by atoms with Crippen LogP contribution >= 0.6 is 0 Å². The van der Waals surface area contributed by atoms with Gasteiger partial charge in [0.25, 0.3) is 0 Å². The van der Waals surface area contributed by atoms with Crippen LogP contribution in [0.1, 0.15) is 16.7 Å². The number of anilines is 3. The number of aromatic nitrogens is 3. The van der Waals surface area contributed by atoms with Gasteiger partial charge in [0, 0.05) is 52.4 Å². The van der Waals surface area contributed by atoms with Crippen molar-refractivity contribution >= 4 is 23.5 Å². The maximum atomic E-state index is 14.2. The average molecular weight is 603 g/mol. The smallest absolute Gasteiger partial charge is 0.345 e. The first-order valence-electron chi connectivity index (χ1n) is 13.9. The molecular weight excluding hydrogens is 564 g/mol. The lowest BCUT2D eigenvalue weighted by atomic mass is 10.1. The van der Waals surface area contributed by atoms with Crippen LogP contribution in [0.25, 0.3) is 17.1 Å². The van der Waals surface area contributed by atoms with E-state index in [4.69, 9.17) is 9.47 Å². The summed E-state index contributed by atoms with van der Waals surface area (Å²) in [6.07, 6.45) is 0.667. The molecule has 0 aliphatic carbocycles. The largest absolute Gasteiger partial charge is 0.364 e. The lowest BCUT2D eigenvalue weighted by molar-refractivity contribution is -0.107. The molecule has 44 heavy (non-hydrogen) atoms. The zero-order chi connectivity index (χ0) is 32.3. The summed E-state index contributed by atoms with van der Waals surface area (Å²) in [4.78, 5) is 59.1. The maximum absolute atomic E-state index is 14.2. The van der Waals surface area contributed by atoms with Crippen molar-refractivity contribution in [1.29, 1.82) is 0 Å². The highest BCUT2D eigenvalue weighted by atomic mass is 16.5. The zero-order valence-corrected chi connectivity index (χ0v) is 26.3. The molecule has 12 heteroatoms. The van der Waals surface area contributed by atoms with Gasteiger partial charge in [-0.2, -0.15) is 0 Å². The first-order chi connectivity index (χ1) is 20.9. The van der Waals surface area contributed by atoms with Crippen molar-refractivity contribution in [2.24, 2.45) is 0 Å². The van der Waals surface area contributed by atoms with Crippen LogP contribution in [0.4, 0.5) is 17.1 Å².